The summed E-state index contributed by atoms with van der Waals surface area (Å²) in [5.41, 5.74) is 4.10. The molecule has 20 heavy (non-hydrogen) atoms. The monoisotopic (exact) mass is 271 g/mol. The average Bonchev–Trinajstić information content (AvgIpc) is 2.98. The van der Waals surface area contributed by atoms with Crippen LogP contribution in [-0.4, -0.2) is 32.3 Å². The molecule has 4 rings (SSSR count). The Morgan fingerprint density at radius 1 is 1.25 bits per heavy atom. The van der Waals surface area contributed by atoms with Gasteiger partial charge < -0.3 is 20.3 Å². The fraction of sp³-hybridized carbons (Fsp3) is 0.500. The van der Waals surface area contributed by atoms with Gasteiger partial charge in [-0.25, -0.2) is 0 Å². The first-order valence-corrected chi connectivity index (χ1v) is 7.47. The Morgan fingerprint density at radius 3 is 2.90 bits per heavy atom. The van der Waals surface area contributed by atoms with Crippen LogP contribution in [0.4, 0.5) is 11.4 Å². The molecule has 0 radical (unpaired) electrons. The molecule has 0 saturated carbocycles. The predicted molar refractivity (Wildman–Crippen MR) is 81.5 cm³/mol. The second kappa shape index (κ2) is 4.42. The smallest absolute Gasteiger partial charge is 0.121 e. The van der Waals surface area contributed by atoms with Crippen LogP contribution in [0.2, 0.25) is 0 Å². The predicted octanol–water partition coefficient (Wildman–Crippen LogP) is 2.34. The van der Waals surface area contributed by atoms with E-state index in [-0.39, 0.29) is 5.54 Å². The van der Waals surface area contributed by atoms with Gasteiger partial charge in [0.2, 0.25) is 0 Å². The van der Waals surface area contributed by atoms with Gasteiger partial charge in [-0.3, -0.25) is 0 Å². The number of nitrogens with zero attached hydrogens (tertiary/aromatic N) is 1. The van der Waals surface area contributed by atoms with E-state index in [1.54, 1.807) is 7.11 Å². The van der Waals surface area contributed by atoms with E-state index in [1.165, 1.54) is 17.1 Å². The van der Waals surface area contributed by atoms with Gasteiger partial charge in [-0.1, -0.05) is 6.08 Å². The number of methoxy groups -OCH3 is 1. The molecule has 106 valence electrons. The van der Waals surface area contributed by atoms with E-state index in [2.05, 4.69) is 39.8 Å². The SMILES string of the molecule is COc1ccc2c(c1)NC1(CCNCC1)C1=CCCN12. The van der Waals surface area contributed by atoms with E-state index in [1.807, 2.05) is 0 Å². The Balaban J connectivity index is 1.81. The summed E-state index contributed by atoms with van der Waals surface area (Å²) in [5.74, 6) is 0.923. The van der Waals surface area contributed by atoms with Crippen LogP contribution in [0.3, 0.4) is 0 Å². The highest BCUT2D eigenvalue weighted by atomic mass is 16.5. The molecule has 0 unspecified atom stereocenters. The van der Waals surface area contributed by atoms with Crippen molar-refractivity contribution >= 4 is 11.4 Å². The zero-order valence-electron chi connectivity index (χ0n) is 11.9. The molecule has 2 N–H and O–H groups in total. The standard InChI is InChI=1S/C16H21N3O/c1-20-12-4-5-14-13(11-12)18-16(6-8-17-9-7-16)15-3-2-10-19(14)15/h3-5,11,17-18H,2,6-10H2,1H3. The minimum Gasteiger partial charge on any atom is -0.497 e. The summed E-state index contributed by atoms with van der Waals surface area (Å²) in [6.45, 7) is 3.26. The third-order valence-electron chi connectivity index (χ3n) is 4.80. The first kappa shape index (κ1) is 12.1. The maximum Gasteiger partial charge on any atom is 0.121 e. The largest absolute Gasteiger partial charge is 0.497 e. The maximum absolute atomic E-state index is 5.38. The van der Waals surface area contributed by atoms with Crippen LogP contribution in [0.5, 0.6) is 5.75 Å². The molecule has 1 aromatic rings. The Morgan fingerprint density at radius 2 is 2.10 bits per heavy atom. The van der Waals surface area contributed by atoms with Crippen LogP contribution in [0, 0.1) is 0 Å². The van der Waals surface area contributed by atoms with E-state index in [0.717, 1.165) is 44.6 Å². The molecule has 1 spiro atoms. The van der Waals surface area contributed by atoms with Crippen LogP contribution in [-0.2, 0) is 0 Å². The number of rotatable bonds is 1. The second-order valence-electron chi connectivity index (χ2n) is 5.87. The third kappa shape index (κ3) is 1.64. The number of piperidine rings is 1. The molecule has 1 aromatic carbocycles. The highest BCUT2D eigenvalue weighted by Gasteiger charge is 2.44. The van der Waals surface area contributed by atoms with E-state index >= 15 is 0 Å². The lowest BCUT2D eigenvalue weighted by Gasteiger charge is -2.48. The van der Waals surface area contributed by atoms with Gasteiger partial charge in [0.25, 0.3) is 0 Å². The maximum atomic E-state index is 5.38. The normalized spacial score (nSPS) is 22.9. The number of nitrogens with one attached hydrogen (secondary N) is 2. The minimum absolute atomic E-state index is 0.112. The van der Waals surface area contributed by atoms with Crippen LogP contribution in [0.1, 0.15) is 19.3 Å². The Labute approximate surface area is 119 Å². The molecular formula is C16H21N3O. The highest BCUT2D eigenvalue weighted by molar-refractivity contribution is 5.80. The van der Waals surface area contributed by atoms with Crippen LogP contribution < -0.4 is 20.3 Å². The van der Waals surface area contributed by atoms with Gasteiger partial charge in [0, 0.05) is 18.3 Å². The van der Waals surface area contributed by atoms with Crippen molar-refractivity contribution in [1.82, 2.24) is 5.32 Å². The summed E-state index contributed by atoms with van der Waals surface area (Å²) >= 11 is 0. The lowest BCUT2D eigenvalue weighted by atomic mass is 9.82. The summed E-state index contributed by atoms with van der Waals surface area (Å²) in [5, 5.41) is 7.30. The van der Waals surface area contributed by atoms with Gasteiger partial charge >= 0.3 is 0 Å². The number of fused-ring (bicyclic) bond motifs is 4. The molecule has 0 aromatic heterocycles. The fourth-order valence-corrected chi connectivity index (χ4v) is 3.80. The van der Waals surface area contributed by atoms with E-state index in [9.17, 15) is 0 Å². The average molecular weight is 271 g/mol. The number of benzene rings is 1. The van der Waals surface area contributed by atoms with Crippen molar-refractivity contribution in [3.63, 3.8) is 0 Å². The van der Waals surface area contributed by atoms with Crippen molar-refractivity contribution in [2.24, 2.45) is 0 Å². The van der Waals surface area contributed by atoms with Crippen molar-refractivity contribution in [3.05, 3.63) is 30.0 Å². The lowest BCUT2D eigenvalue weighted by molar-refractivity contribution is 0.374. The van der Waals surface area contributed by atoms with Crippen molar-refractivity contribution in [2.75, 3.05) is 37.0 Å². The summed E-state index contributed by atoms with van der Waals surface area (Å²) in [4.78, 5) is 2.50. The van der Waals surface area contributed by atoms with Crippen LogP contribution >= 0.6 is 0 Å². The molecule has 0 aliphatic carbocycles. The molecule has 4 nitrogen and oxygen atoms in total. The van der Waals surface area contributed by atoms with Gasteiger partial charge in [0.15, 0.2) is 0 Å². The van der Waals surface area contributed by atoms with Crippen molar-refractivity contribution in [3.8, 4) is 5.75 Å². The fourth-order valence-electron chi connectivity index (χ4n) is 3.80. The topological polar surface area (TPSA) is 36.5 Å². The van der Waals surface area contributed by atoms with Gasteiger partial charge in [-0.2, -0.15) is 0 Å². The highest BCUT2D eigenvalue weighted by Crippen LogP contribution is 2.47. The molecule has 4 heteroatoms. The van der Waals surface area contributed by atoms with Crippen LogP contribution in [0.25, 0.3) is 0 Å². The molecule has 3 heterocycles. The number of anilines is 2. The summed E-state index contributed by atoms with van der Waals surface area (Å²) in [6.07, 6.45) is 5.86. The third-order valence-corrected chi connectivity index (χ3v) is 4.80. The number of hydrogen-bond donors (Lipinski definition) is 2. The molecule has 0 atom stereocenters. The molecule has 1 saturated heterocycles. The molecule has 0 bridgehead atoms. The Bertz CT molecular complexity index is 561. The quantitative estimate of drug-likeness (QED) is 0.822. The second-order valence-corrected chi connectivity index (χ2v) is 5.87. The first-order chi connectivity index (χ1) is 9.82. The van der Waals surface area contributed by atoms with E-state index < -0.39 is 0 Å². The van der Waals surface area contributed by atoms with Gasteiger partial charge in [-0.15, -0.1) is 0 Å². The van der Waals surface area contributed by atoms with E-state index in [4.69, 9.17) is 4.74 Å². The lowest BCUT2D eigenvalue weighted by Crippen LogP contribution is -2.54. The molecule has 1 fully saturated rings. The van der Waals surface area contributed by atoms with Crippen molar-refractivity contribution in [2.45, 2.75) is 24.8 Å². The Hall–Kier alpha value is -1.68. The van der Waals surface area contributed by atoms with Gasteiger partial charge in [0.1, 0.15) is 5.75 Å². The Kier molecular flexibility index (Phi) is 2.67. The zero-order valence-corrected chi connectivity index (χ0v) is 11.9. The minimum atomic E-state index is 0.112. The first-order valence-electron chi connectivity index (χ1n) is 7.47. The van der Waals surface area contributed by atoms with Gasteiger partial charge in [-0.05, 0) is 44.5 Å². The summed E-state index contributed by atoms with van der Waals surface area (Å²) < 4.78 is 5.38. The summed E-state index contributed by atoms with van der Waals surface area (Å²) in [6, 6.07) is 6.36. The van der Waals surface area contributed by atoms with Gasteiger partial charge in [0.05, 0.1) is 24.0 Å². The zero-order chi connectivity index (χ0) is 13.6. The summed E-state index contributed by atoms with van der Waals surface area (Å²) in [7, 11) is 1.73. The molecule has 0 amide bonds. The number of ether oxygens (including phenoxy) is 1. The number of hydrogen-bond acceptors (Lipinski definition) is 4. The van der Waals surface area contributed by atoms with Crippen molar-refractivity contribution < 1.29 is 4.74 Å². The van der Waals surface area contributed by atoms with Crippen molar-refractivity contribution in [1.29, 1.82) is 0 Å². The van der Waals surface area contributed by atoms with E-state index in [0.29, 0.717) is 0 Å². The molecule has 3 aliphatic heterocycles. The molecule has 3 aliphatic rings. The van der Waals surface area contributed by atoms with Crippen LogP contribution in [0.15, 0.2) is 30.0 Å². The molecular weight excluding hydrogens is 250 g/mol.